The van der Waals surface area contributed by atoms with Crippen molar-refractivity contribution in [2.75, 3.05) is 33.2 Å². The maximum atomic E-state index is 12.2. The molecule has 10 heteroatoms. The van der Waals surface area contributed by atoms with Gasteiger partial charge < -0.3 is 10.6 Å². The second-order valence-electron chi connectivity index (χ2n) is 4.77. The van der Waals surface area contributed by atoms with Crippen LogP contribution in [-0.4, -0.2) is 65.0 Å². The minimum Gasteiger partial charge on any atom is -0.357 e. The van der Waals surface area contributed by atoms with Crippen LogP contribution in [0.4, 0.5) is 13.2 Å². The van der Waals surface area contributed by atoms with Gasteiger partial charge in [-0.15, -0.1) is 0 Å². The topological polar surface area (TPSA) is 70.4 Å². The standard InChI is InChI=1S/C12H22F3N7/c1-4-16-11(18-7-10-19-9-20-22(10)3)17-5-6-21(2)8-12(13,14)15/h9H,4-8H2,1-3H3,(H2,16,17,18). The van der Waals surface area contributed by atoms with Crippen LogP contribution in [0.3, 0.4) is 0 Å². The average Bonchev–Trinajstić information content (AvgIpc) is 2.79. The molecular formula is C12H22F3N7. The number of nitrogens with one attached hydrogen (secondary N) is 2. The van der Waals surface area contributed by atoms with Crippen molar-refractivity contribution >= 4 is 5.96 Å². The minimum atomic E-state index is -4.18. The number of guanidine groups is 1. The summed E-state index contributed by atoms with van der Waals surface area (Å²) < 4.78 is 38.3. The molecule has 0 amide bonds. The molecule has 0 aromatic carbocycles. The van der Waals surface area contributed by atoms with Crippen molar-refractivity contribution in [2.24, 2.45) is 12.0 Å². The van der Waals surface area contributed by atoms with Crippen molar-refractivity contribution in [1.29, 1.82) is 0 Å². The van der Waals surface area contributed by atoms with E-state index in [2.05, 4.69) is 25.7 Å². The van der Waals surface area contributed by atoms with E-state index in [9.17, 15) is 13.2 Å². The number of aryl methyl sites for hydroxylation is 1. The number of likely N-dealkylation sites (N-methyl/N-ethyl adjacent to an activating group) is 1. The summed E-state index contributed by atoms with van der Waals surface area (Å²) >= 11 is 0. The Morgan fingerprint density at radius 2 is 2.14 bits per heavy atom. The highest BCUT2D eigenvalue weighted by atomic mass is 19.4. The van der Waals surface area contributed by atoms with Crippen LogP contribution in [-0.2, 0) is 13.6 Å². The lowest BCUT2D eigenvalue weighted by Crippen LogP contribution is -2.42. The number of halogens is 3. The van der Waals surface area contributed by atoms with E-state index in [0.29, 0.717) is 31.4 Å². The van der Waals surface area contributed by atoms with Gasteiger partial charge in [-0.3, -0.25) is 9.58 Å². The number of rotatable bonds is 7. The van der Waals surface area contributed by atoms with Crippen molar-refractivity contribution in [3.05, 3.63) is 12.2 Å². The van der Waals surface area contributed by atoms with Gasteiger partial charge in [0.2, 0.25) is 0 Å². The number of hydrogen-bond acceptors (Lipinski definition) is 4. The molecule has 1 heterocycles. The van der Waals surface area contributed by atoms with E-state index < -0.39 is 12.7 Å². The Labute approximate surface area is 127 Å². The van der Waals surface area contributed by atoms with E-state index in [4.69, 9.17) is 0 Å². The summed E-state index contributed by atoms with van der Waals surface area (Å²) in [5.74, 6) is 1.23. The van der Waals surface area contributed by atoms with E-state index in [-0.39, 0.29) is 6.54 Å². The SMILES string of the molecule is CCNC(=NCc1ncnn1C)NCCN(C)CC(F)(F)F. The Balaban J connectivity index is 2.42. The smallest absolute Gasteiger partial charge is 0.357 e. The highest BCUT2D eigenvalue weighted by Crippen LogP contribution is 2.14. The third-order valence-corrected chi connectivity index (χ3v) is 2.76. The lowest BCUT2D eigenvalue weighted by atomic mass is 10.5. The Morgan fingerprint density at radius 1 is 1.41 bits per heavy atom. The van der Waals surface area contributed by atoms with E-state index in [1.807, 2.05) is 6.92 Å². The van der Waals surface area contributed by atoms with Gasteiger partial charge in [-0.05, 0) is 14.0 Å². The molecule has 0 radical (unpaired) electrons. The van der Waals surface area contributed by atoms with Gasteiger partial charge >= 0.3 is 6.18 Å². The predicted octanol–water partition coefficient (Wildman–Crippen LogP) is 0.364. The van der Waals surface area contributed by atoms with Crippen LogP contribution in [0.1, 0.15) is 12.7 Å². The highest BCUT2D eigenvalue weighted by molar-refractivity contribution is 5.79. The fourth-order valence-corrected chi connectivity index (χ4v) is 1.71. The third kappa shape index (κ3) is 7.25. The summed E-state index contributed by atoms with van der Waals surface area (Å²) in [4.78, 5) is 9.58. The van der Waals surface area contributed by atoms with Gasteiger partial charge in [0.05, 0.1) is 6.54 Å². The van der Waals surface area contributed by atoms with Crippen LogP contribution in [0.2, 0.25) is 0 Å². The zero-order valence-electron chi connectivity index (χ0n) is 13.0. The molecule has 0 fully saturated rings. The molecule has 2 N–H and O–H groups in total. The summed E-state index contributed by atoms with van der Waals surface area (Å²) in [5, 5.41) is 9.96. The van der Waals surface area contributed by atoms with Gasteiger partial charge in [-0.25, -0.2) is 9.98 Å². The molecule has 1 aromatic heterocycles. The zero-order valence-corrected chi connectivity index (χ0v) is 13.0. The Bertz CT molecular complexity index is 470. The van der Waals surface area contributed by atoms with Crippen LogP contribution in [0.25, 0.3) is 0 Å². The molecule has 7 nitrogen and oxygen atoms in total. The van der Waals surface area contributed by atoms with Crippen molar-refractivity contribution in [3.63, 3.8) is 0 Å². The van der Waals surface area contributed by atoms with Crippen LogP contribution in [0.15, 0.2) is 11.3 Å². The maximum absolute atomic E-state index is 12.2. The number of nitrogens with zero attached hydrogens (tertiary/aromatic N) is 5. The number of aliphatic imine (C=N–C) groups is 1. The number of hydrogen-bond donors (Lipinski definition) is 2. The van der Waals surface area contributed by atoms with Crippen molar-refractivity contribution < 1.29 is 13.2 Å². The quantitative estimate of drug-likeness (QED) is 0.561. The molecule has 0 aliphatic carbocycles. The summed E-state index contributed by atoms with van der Waals surface area (Å²) in [6.07, 6.45) is -2.74. The van der Waals surface area contributed by atoms with E-state index in [1.54, 1.807) is 11.7 Å². The summed E-state index contributed by atoms with van der Waals surface area (Å²) in [6.45, 7) is 2.59. The molecule has 0 saturated carbocycles. The monoisotopic (exact) mass is 321 g/mol. The molecule has 0 spiro atoms. The normalized spacial score (nSPS) is 12.8. The van der Waals surface area contributed by atoms with Crippen LogP contribution in [0, 0.1) is 0 Å². The van der Waals surface area contributed by atoms with Gasteiger partial charge in [0.25, 0.3) is 0 Å². The van der Waals surface area contributed by atoms with E-state index in [0.717, 1.165) is 0 Å². The van der Waals surface area contributed by atoms with Crippen LogP contribution in [0.5, 0.6) is 0 Å². The van der Waals surface area contributed by atoms with Crippen molar-refractivity contribution in [1.82, 2.24) is 30.3 Å². The summed E-state index contributed by atoms with van der Waals surface area (Å²) in [7, 11) is 3.20. The van der Waals surface area contributed by atoms with E-state index in [1.165, 1.54) is 18.3 Å². The summed E-state index contributed by atoms with van der Waals surface area (Å²) in [5.41, 5.74) is 0. The molecule has 0 bridgehead atoms. The molecule has 0 atom stereocenters. The average molecular weight is 321 g/mol. The first-order valence-corrected chi connectivity index (χ1v) is 6.92. The molecule has 0 aliphatic rings. The second-order valence-corrected chi connectivity index (χ2v) is 4.77. The van der Waals surface area contributed by atoms with Gasteiger partial charge in [0.1, 0.15) is 18.7 Å². The largest absolute Gasteiger partial charge is 0.401 e. The van der Waals surface area contributed by atoms with E-state index >= 15 is 0 Å². The third-order valence-electron chi connectivity index (χ3n) is 2.76. The molecule has 0 unspecified atom stereocenters. The second kappa shape index (κ2) is 8.57. The molecule has 0 aliphatic heterocycles. The molecular weight excluding hydrogens is 299 g/mol. The highest BCUT2D eigenvalue weighted by Gasteiger charge is 2.28. The molecule has 1 aromatic rings. The van der Waals surface area contributed by atoms with Gasteiger partial charge in [-0.1, -0.05) is 0 Å². The number of aromatic nitrogens is 3. The minimum absolute atomic E-state index is 0.258. The lowest BCUT2D eigenvalue weighted by molar-refractivity contribution is -0.142. The fourth-order valence-electron chi connectivity index (χ4n) is 1.71. The lowest BCUT2D eigenvalue weighted by Gasteiger charge is -2.19. The molecule has 126 valence electrons. The Hall–Kier alpha value is -1.84. The summed E-state index contributed by atoms with van der Waals surface area (Å²) in [6, 6.07) is 0. The van der Waals surface area contributed by atoms with Gasteiger partial charge in [0.15, 0.2) is 5.96 Å². The first-order valence-electron chi connectivity index (χ1n) is 6.92. The van der Waals surface area contributed by atoms with Crippen molar-refractivity contribution in [3.8, 4) is 0 Å². The van der Waals surface area contributed by atoms with Crippen LogP contribution < -0.4 is 10.6 Å². The maximum Gasteiger partial charge on any atom is 0.401 e. The first-order chi connectivity index (χ1) is 10.3. The fraction of sp³-hybridized carbons (Fsp3) is 0.750. The number of alkyl halides is 3. The van der Waals surface area contributed by atoms with Gasteiger partial charge in [0, 0.05) is 26.7 Å². The zero-order chi connectivity index (χ0) is 16.6. The predicted molar refractivity (Wildman–Crippen MR) is 77.4 cm³/mol. The molecule has 22 heavy (non-hydrogen) atoms. The Morgan fingerprint density at radius 3 is 2.68 bits per heavy atom. The van der Waals surface area contributed by atoms with Gasteiger partial charge in [-0.2, -0.15) is 18.3 Å². The van der Waals surface area contributed by atoms with Crippen LogP contribution >= 0.6 is 0 Å². The first kappa shape index (κ1) is 18.2. The van der Waals surface area contributed by atoms with Crippen molar-refractivity contribution in [2.45, 2.75) is 19.6 Å². The molecule has 1 rings (SSSR count). The Kier molecular flexibility index (Phi) is 7.09. The molecule has 0 saturated heterocycles.